The van der Waals surface area contributed by atoms with Crippen molar-refractivity contribution < 1.29 is 9.59 Å². The molecule has 0 unspecified atom stereocenters. The summed E-state index contributed by atoms with van der Waals surface area (Å²) in [6.45, 7) is 0.310. The van der Waals surface area contributed by atoms with Crippen LogP contribution in [0.5, 0.6) is 0 Å². The van der Waals surface area contributed by atoms with Crippen LogP contribution in [0.3, 0.4) is 0 Å². The summed E-state index contributed by atoms with van der Waals surface area (Å²) in [5.41, 5.74) is 1.18. The second-order valence-corrected chi connectivity index (χ2v) is 4.54. The van der Waals surface area contributed by atoms with Crippen molar-refractivity contribution in [1.29, 1.82) is 0 Å². The van der Waals surface area contributed by atoms with Crippen LogP contribution in [0.4, 0.5) is 5.82 Å². The van der Waals surface area contributed by atoms with Gasteiger partial charge in [-0.15, -0.1) is 0 Å². The number of aromatic nitrogens is 1. The zero-order valence-corrected chi connectivity index (χ0v) is 11.2. The van der Waals surface area contributed by atoms with Crippen molar-refractivity contribution in [3.05, 3.63) is 71.6 Å². The van der Waals surface area contributed by atoms with Gasteiger partial charge in [-0.25, -0.2) is 4.98 Å². The number of Topliss-reactive ketones (excluding diaryl/α,β-unsaturated/α-hetero) is 1. The zero-order valence-electron chi connectivity index (χ0n) is 11.2. The van der Waals surface area contributed by atoms with E-state index in [2.05, 4.69) is 15.6 Å². The maximum absolute atomic E-state index is 12.3. The highest BCUT2D eigenvalue weighted by Gasteiger charge is 2.24. The summed E-state index contributed by atoms with van der Waals surface area (Å²) in [5, 5.41) is 5.96. The second kappa shape index (κ2) is 5.58. The van der Waals surface area contributed by atoms with Crippen LogP contribution in [-0.4, -0.2) is 23.2 Å². The van der Waals surface area contributed by atoms with Crippen LogP contribution in [0, 0.1) is 0 Å². The highest BCUT2D eigenvalue weighted by molar-refractivity contribution is 6.24. The van der Waals surface area contributed by atoms with Crippen LogP contribution in [0.2, 0.25) is 0 Å². The summed E-state index contributed by atoms with van der Waals surface area (Å²) < 4.78 is 0. The van der Waals surface area contributed by atoms with E-state index in [0.717, 1.165) is 0 Å². The third-order valence-electron chi connectivity index (χ3n) is 3.17. The standard InChI is InChI=1S/C16H13N3O2/c20-14-9-13(16(21)12-6-2-1-5-11(12)14)18-10-19-15-7-3-4-8-17-15/h1-9,18H,10H2,(H,17,19). The number of nitrogens with one attached hydrogen (secondary N) is 2. The number of allylic oxidation sites excluding steroid dienone is 2. The minimum Gasteiger partial charge on any atom is -0.365 e. The second-order valence-electron chi connectivity index (χ2n) is 4.54. The molecule has 1 aromatic carbocycles. The van der Waals surface area contributed by atoms with Gasteiger partial charge in [0.25, 0.3) is 0 Å². The molecule has 0 atom stereocenters. The van der Waals surface area contributed by atoms with E-state index in [-0.39, 0.29) is 11.6 Å². The number of fused-ring (bicyclic) bond motifs is 1. The molecule has 1 aliphatic carbocycles. The van der Waals surface area contributed by atoms with E-state index in [1.54, 1.807) is 30.5 Å². The van der Waals surface area contributed by atoms with Crippen LogP contribution in [0.1, 0.15) is 20.7 Å². The van der Waals surface area contributed by atoms with Crippen LogP contribution < -0.4 is 10.6 Å². The predicted molar refractivity (Wildman–Crippen MR) is 79.0 cm³/mol. The molecule has 0 saturated heterocycles. The number of pyridine rings is 1. The molecule has 2 N–H and O–H groups in total. The van der Waals surface area contributed by atoms with Crippen LogP contribution in [0.25, 0.3) is 0 Å². The Morgan fingerprint density at radius 2 is 1.67 bits per heavy atom. The average molecular weight is 279 g/mol. The molecule has 0 spiro atoms. The number of anilines is 1. The van der Waals surface area contributed by atoms with Gasteiger partial charge in [-0.3, -0.25) is 9.59 Å². The smallest absolute Gasteiger partial charge is 0.209 e. The molecule has 2 aromatic rings. The molecule has 0 saturated carbocycles. The summed E-state index contributed by atoms with van der Waals surface area (Å²) >= 11 is 0. The van der Waals surface area contributed by atoms with Crippen molar-refractivity contribution in [2.24, 2.45) is 0 Å². The third kappa shape index (κ3) is 2.67. The fourth-order valence-electron chi connectivity index (χ4n) is 2.14. The normalized spacial score (nSPS) is 13.4. The van der Waals surface area contributed by atoms with Gasteiger partial charge in [0.2, 0.25) is 5.78 Å². The Labute approximate surface area is 121 Å². The highest BCUT2D eigenvalue weighted by Crippen LogP contribution is 2.19. The number of carbonyl (C=O) groups excluding carboxylic acids is 2. The highest BCUT2D eigenvalue weighted by atomic mass is 16.1. The number of hydrogen-bond acceptors (Lipinski definition) is 5. The molecule has 5 nitrogen and oxygen atoms in total. The van der Waals surface area contributed by atoms with Crippen molar-refractivity contribution in [2.45, 2.75) is 0 Å². The van der Waals surface area contributed by atoms with Crippen molar-refractivity contribution in [3.8, 4) is 0 Å². The Hall–Kier alpha value is -2.95. The van der Waals surface area contributed by atoms with Gasteiger partial charge in [0.05, 0.1) is 12.4 Å². The predicted octanol–water partition coefficient (Wildman–Crippen LogP) is 2.00. The van der Waals surface area contributed by atoms with Gasteiger partial charge in [0.1, 0.15) is 5.82 Å². The molecular formula is C16H13N3O2. The SMILES string of the molecule is O=C1C=C(NCNc2ccccn2)C(=O)c2ccccc21. The summed E-state index contributed by atoms with van der Waals surface area (Å²) in [4.78, 5) is 28.4. The van der Waals surface area contributed by atoms with Crippen molar-refractivity contribution in [2.75, 3.05) is 12.0 Å². The van der Waals surface area contributed by atoms with Gasteiger partial charge in [0.15, 0.2) is 5.78 Å². The Balaban J connectivity index is 1.70. The third-order valence-corrected chi connectivity index (χ3v) is 3.17. The van der Waals surface area contributed by atoms with Gasteiger partial charge in [0, 0.05) is 23.4 Å². The molecule has 5 heteroatoms. The van der Waals surface area contributed by atoms with E-state index in [1.807, 2.05) is 18.2 Å². The fraction of sp³-hybridized carbons (Fsp3) is 0.0625. The molecule has 21 heavy (non-hydrogen) atoms. The van der Waals surface area contributed by atoms with E-state index in [4.69, 9.17) is 0 Å². The first-order chi connectivity index (χ1) is 10.3. The molecule has 3 rings (SSSR count). The van der Waals surface area contributed by atoms with Gasteiger partial charge >= 0.3 is 0 Å². The van der Waals surface area contributed by atoms with Crippen LogP contribution >= 0.6 is 0 Å². The van der Waals surface area contributed by atoms with Gasteiger partial charge in [-0.2, -0.15) is 0 Å². The minimum absolute atomic E-state index is 0.162. The largest absolute Gasteiger partial charge is 0.365 e. The molecule has 104 valence electrons. The Kier molecular flexibility index (Phi) is 3.47. The van der Waals surface area contributed by atoms with E-state index in [9.17, 15) is 9.59 Å². The summed E-state index contributed by atoms with van der Waals surface area (Å²) in [6.07, 6.45) is 3.01. The van der Waals surface area contributed by atoms with Gasteiger partial charge in [-0.05, 0) is 12.1 Å². The fourth-order valence-corrected chi connectivity index (χ4v) is 2.14. The lowest BCUT2D eigenvalue weighted by atomic mass is 9.93. The van der Waals surface area contributed by atoms with Crippen molar-refractivity contribution >= 4 is 17.4 Å². The quantitative estimate of drug-likeness (QED) is 0.838. The van der Waals surface area contributed by atoms with Crippen LogP contribution in [0.15, 0.2) is 60.4 Å². The Bertz CT molecular complexity index is 723. The number of ketones is 2. The molecular weight excluding hydrogens is 266 g/mol. The first kappa shape index (κ1) is 13.1. The lowest BCUT2D eigenvalue weighted by molar-refractivity contribution is 0.0978. The monoisotopic (exact) mass is 279 g/mol. The van der Waals surface area contributed by atoms with Gasteiger partial charge in [-0.1, -0.05) is 30.3 Å². The molecule has 0 aliphatic heterocycles. The summed E-state index contributed by atoms with van der Waals surface area (Å²) in [7, 11) is 0. The van der Waals surface area contributed by atoms with Gasteiger partial charge < -0.3 is 10.6 Å². The zero-order chi connectivity index (χ0) is 14.7. The Morgan fingerprint density at radius 1 is 0.905 bits per heavy atom. The number of hydrogen-bond donors (Lipinski definition) is 2. The number of benzene rings is 1. The molecule has 1 aromatic heterocycles. The van der Waals surface area contributed by atoms with Crippen molar-refractivity contribution in [1.82, 2.24) is 10.3 Å². The molecule has 0 fully saturated rings. The van der Waals surface area contributed by atoms with E-state index >= 15 is 0 Å². The van der Waals surface area contributed by atoms with Crippen molar-refractivity contribution in [3.63, 3.8) is 0 Å². The summed E-state index contributed by atoms with van der Waals surface area (Å²) in [6, 6.07) is 12.3. The first-order valence-corrected chi connectivity index (χ1v) is 6.54. The maximum atomic E-state index is 12.3. The van der Waals surface area contributed by atoms with E-state index < -0.39 is 0 Å². The number of nitrogens with zero attached hydrogens (tertiary/aromatic N) is 1. The molecule has 0 bridgehead atoms. The molecule has 0 radical (unpaired) electrons. The van der Waals surface area contributed by atoms with Crippen LogP contribution in [-0.2, 0) is 0 Å². The lowest BCUT2D eigenvalue weighted by Crippen LogP contribution is -2.30. The number of rotatable bonds is 4. The van der Waals surface area contributed by atoms with E-state index in [0.29, 0.717) is 29.3 Å². The lowest BCUT2D eigenvalue weighted by Gasteiger charge is -2.16. The summed E-state index contributed by atoms with van der Waals surface area (Å²) in [5.74, 6) is 0.360. The number of carbonyl (C=O) groups is 2. The van der Waals surface area contributed by atoms with E-state index in [1.165, 1.54) is 6.08 Å². The molecule has 1 aliphatic rings. The average Bonchev–Trinajstić information content (AvgIpc) is 2.53. The Morgan fingerprint density at radius 3 is 2.43 bits per heavy atom. The minimum atomic E-state index is -0.173. The molecule has 1 heterocycles. The molecule has 0 amide bonds. The maximum Gasteiger partial charge on any atom is 0.209 e. The first-order valence-electron chi connectivity index (χ1n) is 6.54. The topological polar surface area (TPSA) is 71.1 Å².